The summed E-state index contributed by atoms with van der Waals surface area (Å²) in [5.74, 6) is 0.915. The first-order valence-electron chi connectivity index (χ1n) is 12.1. The maximum atomic E-state index is 12.2. The Kier molecular flexibility index (Phi) is 7.79. The molecule has 1 aromatic heterocycles. The van der Waals surface area contributed by atoms with Gasteiger partial charge in [0.05, 0.1) is 20.3 Å². The van der Waals surface area contributed by atoms with E-state index in [-0.39, 0.29) is 17.7 Å². The number of carbonyl (C=O) groups is 2. The highest BCUT2D eigenvalue weighted by atomic mass is 16.5. The van der Waals surface area contributed by atoms with Crippen LogP contribution in [0.3, 0.4) is 0 Å². The Bertz CT molecular complexity index is 1200. The summed E-state index contributed by atoms with van der Waals surface area (Å²) < 4.78 is 18.1. The number of benzene rings is 2. The quantitative estimate of drug-likeness (QED) is 0.324. The number of ether oxygens (including phenoxy) is 3. The van der Waals surface area contributed by atoms with E-state index in [2.05, 4.69) is 24.3 Å². The zero-order valence-electron chi connectivity index (χ0n) is 21.2. The Morgan fingerprint density at radius 3 is 2.17 bits per heavy atom. The molecule has 0 bridgehead atoms. The van der Waals surface area contributed by atoms with Crippen LogP contribution >= 0.6 is 0 Å². The number of hydrogen-bond donors (Lipinski definition) is 1. The van der Waals surface area contributed by atoms with Crippen molar-refractivity contribution in [3.05, 3.63) is 77.1 Å². The van der Waals surface area contributed by atoms with Gasteiger partial charge in [0, 0.05) is 31.8 Å². The number of carbonyl (C=O) groups excluding carboxylic acids is 2. The molecule has 0 fully saturated rings. The third kappa shape index (κ3) is 5.62. The second-order valence-corrected chi connectivity index (χ2v) is 9.48. The van der Waals surface area contributed by atoms with Crippen LogP contribution < -0.4 is 14.2 Å². The SMILES string of the molecule is COc1cc([C@@H](O)[C@H](CC2Cc3ccccc3C2)Cn2ccc(OC(C)=O)c2)cc(OC)c1C(C)=O. The second-order valence-electron chi connectivity index (χ2n) is 9.48. The molecule has 2 atom stereocenters. The fourth-order valence-electron chi connectivity index (χ4n) is 5.30. The number of aromatic nitrogens is 1. The molecule has 0 saturated carbocycles. The molecule has 1 heterocycles. The summed E-state index contributed by atoms with van der Waals surface area (Å²) in [5, 5.41) is 11.6. The number of esters is 1. The molecular weight excluding hydrogens is 458 g/mol. The van der Waals surface area contributed by atoms with Crippen molar-refractivity contribution in [2.24, 2.45) is 11.8 Å². The van der Waals surface area contributed by atoms with Gasteiger partial charge in [-0.05, 0) is 67.0 Å². The van der Waals surface area contributed by atoms with Crippen molar-refractivity contribution >= 4 is 11.8 Å². The number of Topliss-reactive ketones (excluding diaryl/α,β-unsaturated/α-hetero) is 1. The van der Waals surface area contributed by atoms with Crippen molar-refractivity contribution < 1.29 is 28.9 Å². The molecule has 1 aliphatic rings. The number of nitrogens with zero attached hydrogens (tertiary/aromatic N) is 1. The van der Waals surface area contributed by atoms with Crippen LogP contribution in [0.1, 0.15) is 53.4 Å². The molecule has 7 nitrogen and oxygen atoms in total. The number of hydrogen-bond acceptors (Lipinski definition) is 6. The van der Waals surface area contributed by atoms with E-state index < -0.39 is 6.10 Å². The molecule has 1 aliphatic carbocycles. The Morgan fingerprint density at radius 2 is 1.64 bits per heavy atom. The van der Waals surface area contributed by atoms with Crippen molar-refractivity contribution in [2.45, 2.75) is 45.8 Å². The number of rotatable bonds is 10. The van der Waals surface area contributed by atoms with Crippen LogP contribution in [-0.2, 0) is 24.2 Å². The number of aliphatic hydroxyl groups is 1. The van der Waals surface area contributed by atoms with Gasteiger partial charge in [0.25, 0.3) is 0 Å². The predicted octanol–water partition coefficient (Wildman–Crippen LogP) is 4.79. The lowest BCUT2D eigenvalue weighted by Gasteiger charge is -2.27. The lowest BCUT2D eigenvalue weighted by atomic mass is 9.85. The van der Waals surface area contributed by atoms with Gasteiger partial charge < -0.3 is 23.9 Å². The maximum absolute atomic E-state index is 12.2. The minimum Gasteiger partial charge on any atom is -0.496 e. The minimum atomic E-state index is -0.836. The summed E-state index contributed by atoms with van der Waals surface area (Å²) in [6.45, 7) is 3.35. The van der Waals surface area contributed by atoms with E-state index in [0.29, 0.717) is 40.8 Å². The molecule has 0 spiro atoms. The molecule has 0 amide bonds. The molecule has 0 unspecified atom stereocenters. The van der Waals surface area contributed by atoms with Gasteiger partial charge in [-0.3, -0.25) is 9.59 Å². The largest absolute Gasteiger partial charge is 0.496 e. The van der Waals surface area contributed by atoms with Gasteiger partial charge in [-0.25, -0.2) is 0 Å². The minimum absolute atomic E-state index is 0.153. The van der Waals surface area contributed by atoms with Crippen molar-refractivity contribution in [3.63, 3.8) is 0 Å². The third-order valence-electron chi connectivity index (χ3n) is 6.87. The Morgan fingerprint density at radius 1 is 1.03 bits per heavy atom. The van der Waals surface area contributed by atoms with E-state index in [4.69, 9.17) is 14.2 Å². The lowest BCUT2D eigenvalue weighted by Crippen LogP contribution is -2.22. The van der Waals surface area contributed by atoms with Crippen LogP contribution in [0.5, 0.6) is 17.2 Å². The van der Waals surface area contributed by atoms with Gasteiger partial charge in [-0.15, -0.1) is 0 Å². The van der Waals surface area contributed by atoms with Crippen LogP contribution in [0.4, 0.5) is 0 Å². The average Bonchev–Trinajstić information content (AvgIpc) is 3.47. The normalized spacial score (nSPS) is 14.7. The first-order chi connectivity index (χ1) is 17.3. The van der Waals surface area contributed by atoms with E-state index >= 15 is 0 Å². The molecule has 0 radical (unpaired) electrons. The average molecular weight is 492 g/mol. The van der Waals surface area contributed by atoms with Crippen LogP contribution in [0.2, 0.25) is 0 Å². The van der Waals surface area contributed by atoms with Crippen LogP contribution in [0.15, 0.2) is 54.9 Å². The molecule has 0 saturated heterocycles. The van der Waals surface area contributed by atoms with Crippen molar-refractivity contribution in [2.75, 3.05) is 14.2 Å². The lowest BCUT2D eigenvalue weighted by molar-refractivity contribution is -0.131. The van der Waals surface area contributed by atoms with Crippen LogP contribution in [-0.4, -0.2) is 35.6 Å². The number of methoxy groups -OCH3 is 2. The molecule has 4 rings (SSSR count). The fourth-order valence-corrected chi connectivity index (χ4v) is 5.30. The summed E-state index contributed by atoms with van der Waals surface area (Å²) in [6.07, 6.45) is 5.51. The standard InChI is InChI=1S/C29H33NO6/c1-18(31)28-26(34-3)14-23(15-27(28)35-4)29(33)24(16-30-10-9-25(17-30)36-19(2)32)13-20-11-21-7-5-6-8-22(21)12-20/h5-10,14-15,17,20,24,29,33H,11-13,16H2,1-4H3/t24-,29-/m1/s1. The number of aliphatic hydroxyl groups excluding tert-OH is 1. The summed E-state index contributed by atoms with van der Waals surface area (Å²) in [5.41, 5.74) is 3.71. The molecule has 36 heavy (non-hydrogen) atoms. The van der Waals surface area contributed by atoms with Gasteiger partial charge in [0.1, 0.15) is 22.8 Å². The summed E-state index contributed by atoms with van der Waals surface area (Å²) in [4.78, 5) is 23.6. The molecular formula is C29H33NO6. The van der Waals surface area contributed by atoms with Gasteiger partial charge in [0.15, 0.2) is 5.78 Å². The Balaban J connectivity index is 1.64. The fraction of sp³-hybridized carbons (Fsp3) is 0.379. The molecule has 0 aliphatic heterocycles. The van der Waals surface area contributed by atoms with Crippen molar-refractivity contribution in [3.8, 4) is 17.2 Å². The summed E-state index contributed by atoms with van der Waals surface area (Å²) >= 11 is 0. The Hall–Kier alpha value is -3.58. The molecule has 1 N–H and O–H groups in total. The predicted molar refractivity (Wildman–Crippen MR) is 136 cm³/mol. The molecule has 7 heteroatoms. The summed E-state index contributed by atoms with van der Waals surface area (Å²) in [6, 6.07) is 13.7. The van der Waals surface area contributed by atoms with Gasteiger partial charge >= 0.3 is 5.97 Å². The van der Waals surface area contributed by atoms with Gasteiger partial charge in [0.2, 0.25) is 0 Å². The third-order valence-corrected chi connectivity index (χ3v) is 6.87. The van der Waals surface area contributed by atoms with Crippen LogP contribution in [0, 0.1) is 11.8 Å². The molecule has 3 aromatic rings. The Labute approximate surface area is 211 Å². The maximum Gasteiger partial charge on any atom is 0.308 e. The zero-order chi connectivity index (χ0) is 25.8. The van der Waals surface area contributed by atoms with Crippen molar-refractivity contribution in [1.82, 2.24) is 4.57 Å². The van der Waals surface area contributed by atoms with E-state index in [0.717, 1.165) is 19.3 Å². The summed E-state index contributed by atoms with van der Waals surface area (Å²) in [7, 11) is 3.00. The van der Waals surface area contributed by atoms with E-state index in [1.165, 1.54) is 39.2 Å². The van der Waals surface area contributed by atoms with E-state index in [9.17, 15) is 14.7 Å². The van der Waals surface area contributed by atoms with E-state index in [1.54, 1.807) is 24.4 Å². The first kappa shape index (κ1) is 25.5. The second kappa shape index (κ2) is 11.0. The van der Waals surface area contributed by atoms with Crippen LogP contribution in [0.25, 0.3) is 0 Å². The highest BCUT2D eigenvalue weighted by Crippen LogP contribution is 2.39. The first-order valence-corrected chi connectivity index (χ1v) is 12.1. The highest BCUT2D eigenvalue weighted by molar-refractivity contribution is 5.99. The van der Waals surface area contributed by atoms with E-state index in [1.807, 2.05) is 10.8 Å². The smallest absolute Gasteiger partial charge is 0.308 e. The molecule has 2 aromatic carbocycles. The van der Waals surface area contributed by atoms with Crippen molar-refractivity contribution in [1.29, 1.82) is 0 Å². The monoisotopic (exact) mass is 491 g/mol. The topological polar surface area (TPSA) is 87.0 Å². The number of fused-ring (bicyclic) bond motifs is 1. The van der Waals surface area contributed by atoms with Gasteiger partial charge in [-0.1, -0.05) is 24.3 Å². The van der Waals surface area contributed by atoms with Gasteiger partial charge in [-0.2, -0.15) is 0 Å². The zero-order valence-corrected chi connectivity index (χ0v) is 21.2. The highest BCUT2D eigenvalue weighted by Gasteiger charge is 2.30. The number of ketones is 1. The molecule has 190 valence electrons.